The average Bonchev–Trinajstić information content (AvgIpc) is 2.31. The lowest BCUT2D eigenvalue weighted by Gasteiger charge is -2.14. The summed E-state index contributed by atoms with van der Waals surface area (Å²) >= 11 is 0. The number of hydrogen-bond donors (Lipinski definition) is 4. The van der Waals surface area contributed by atoms with E-state index in [-0.39, 0.29) is 24.9 Å². The molecule has 0 aliphatic carbocycles. The number of aliphatic hydroxyl groups is 2. The number of carbonyl (C=O) groups excluding carboxylic acids is 1. The van der Waals surface area contributed by atoms with E-state index in [1.54, 1.807) is 12.3 Å². The molecular weight excluding hydrogens is 222 g/mol. The molecule has 94 valence electrons. The molecule has 0 unspecified atom stereocenters. The molecule has 0 saturated carbocycles. The minimum Gasteiger partial charge on any atom is -0.395 e. The van der Waals surface area contributed by atoms with Gasteiger partial charge in [0.05, 0.1) is 19.3 Å². The van der Waals surface area contributed by atoms with Gasteiger partial charge >= 0.3 is 0 Å². The Morgan fingerprint density at radius 3 is 2.65 bits per heavy atom. The number of hydrogen-bond acceptors (Lipinski definition) is 5. The van der Waals surface area contributed by atoms with Crippen molar-refractivity contribution in [2.75, 3.05) is 13.2 Å². The number of pyridine rings is 1. The van der Waals surface area contributed by atoms with E-state index in [1.807, 2.05) is 6.92 Å². The van der Waals surface area contributed by atoms with E-state index in [9.17, 15) is 4.79 Å². The first kappa shape index (κ1) is 13.6. The SMILES string of the molecule is Cc1cc(C(N)=O)ncc1CNC(CO)CO. The number of amides is 1. The molecule has 5 N–H and O–H groups in total. The third kappa shape index (κ3) is 3.77. The first-order valence-electron chi connectivity index (χ1n) is 5.29. The molecule has 1 heterocycles. The van der Waals surface area contributed by atoms with E-state index in [2.05, 4.69) is 10.3 Å². The Morgan fingerprint density at radius 2 is 2.18 bits per heavy atom. The molecule has 0 bridgehead atoms. The van der Waals surface area contributed by atoms with Crippen molar-refractivity contribution in [2.45, 2.75) is 19.5 Å². The fraction of sp³-hybridized carbons (Fsp3) is 0.455. The molecule has 17 heavy (non-hydrogen) atoms. The Kier molecular flexibility index (Phi) is 5.02. The summed E-state index contributed by atoms with van der Waals surface area (Å²) in [6, 6.07) is 1.26. The number of nitrogens with zero attached hydrogens (tertiary/aromatic N) is 1. The number of nitrogens with one attached hydrogen (secondary N) is 1. The maximum absolute atomic E-state index is 10.9. The Balaban J connectivity index is 2.69. The van der Waals surface area contributed by atoms with Gasteiger partial charge in [-0.1, -0.05) is 0 Å². The van der Waals surface area contributed by atoms with E-state index in [1.165, 1.54) is 0 Å². The van der Waals surface area contributed by atoms with Gasteiger partial charge in [-0.15, -0.1) is 0 Å². The Hall–Kier alpha value is -1.50. The van der Waals surface area contributed by atoms with Gasteiger partial charge in [0.2, 0.25) is 0 Å². The summed E-state index contributed by atoms with van der Waals surface area (Å²) in [7, 11) is 0. The summed E-state index contributed by atoms with van der Waals surface area (Å²) in [6.45, 7) is 2.03. The van der Waals surface area contributed by atoms with Crippen LogP contribution in [-0.4, -0.2) is 40.4 Å². The lowest BCUT2D eigenvalue weighted by atomic mass is 10.1. The van der Waals surface area contributed by atoms with Gasteiger partial charge in [0, 0.05) is 12.7 Å². The molecule has 0 atom stereocenters. The number of primary amides is 1. The second kappa shape index (κ2) is 6.29. The van der Waals surface area contributed by atoms with Crippen LogP contribution in [0.4, 0.5) is 0 Å². The third-order valence-electron chi connectivity index (χ3n) is 2.49. The zero-order valence-corrected chi connectivity index (χ0v) is 9.68. The molecule has 1 aromatic rings. The summed E-state index contributed by atoms with van der Waals surface area (Å²) in [6.07, 6.45) is 1.56. The van der Waals surface area contributed by atoms with Crippen LogP contribution in [-0.2, 0) is 6.54 Å². The monoisotopic (exact) mass is 239 g/mol. The first-order chi connectivity index (χ1) is 8.08. The van der Waals surface area contributed by atoms with E-state index in [0.717, 1.165) is 11.1 Å². The molecule has 6 heteroatoms. The standard InChI is InChI=1S/C11H17N3O3/c1-7-2-10(11(12)17)14-4-8(7)3-13-9(5-15)6-16/h2,4,9,13,15-16H,3,5-6H2,1H3,(H2,12,17). The van der Waals surface area contributed by atoms with Crippen LogP contribution in [0.5, 0.6) is 0 Å². The van der Waals surface area contributed by atoms with Gasteiger partial charge in [-0.2, -0.15) is 0 Å². The van der Waals surface area contributed by atoms with Crippen molar-refractivity contribution in [1.82, 2.24) is 10.3 Å². The van der Waals surface area contributed by atoms with Gasteiger partial charge in [0.15, 0.2) is 0 Å². The summed E-state index contributed by atoms with van der Waals surface area (Å²) in [5.41, 5.74) is 7.12. The Morgan fingerprint density at radius 1 is 1.53 bits per heavy atom. The fourth-order valence-electron chi connectivity index (χ4n) is 1.35. The number of aliphatic hydroxyl groups excluding tert-OH is 2. The molecule has 0 saturated heterocycles. The normalized spacial score (nSPS) is 10.8. The molecular formula is C11H17N3O3. The van der Waals surface area contributed by atoms with Crippen LogP contribution in [0.25, 0.3) is 0 Å². The van der Waals surface area contributed by atoms with Crippen LogP contribution in [0.15, 0.2) is 12.3 Å². The van der Waals surface area contributed by atoms with Gasteiger partial charge in [0.1, 0.15) is 5.69 Å². The lowest BCUT2D eigenvalue weighted by molar-refractivity contribution is 0.0995. The summed E-state index contributed by atoms with van der Waals surface area (Å²) in [5.74, 6) is -0.559. The van der Waals surface area contributed by atoms with Crippen molar-refractivity contribution in [3.05, 3.63) is 29.1 Å². The molecule has 0 aromatic carbocycles. The molecule has 0 spiro atoms. The van der Waals surface area contributed by atoms with Crippen molar-refractivity contribution < 1.29 is 15.0 Å². The molecule has 0 aliphatic rings. The van der Waals surface area contributed by atoms with Crippen LogP contribution in [0.3, 0.4) is 0 Å². The number of nitrogens with two attached hydrogens (primary N) is 1. The quantitative estimate of drug-likeness (QED) is 0.505. The predicted octanol–water partition coefficient (Wildman–Crippen LogP) is -1.07. The minimum absolute atomic E-state index is 0.137. The maximum Gasteiger partial charge on any atom is 0.267 e. The minimum atomic E-state index is -0.559. The third-order valence-corrected chi connectivity index (χ3v) is 2.49. The number of carbonyl (C=O) groups is 1. The van der Waals surface area contributed by atoms with Crippen LogP contribution >= 0.6 is 0 Å². The number of aryl methyl sites for hydroxylation is 1. The maximum atomic E-state index is 10.9. The van der Waals surface area contributed by atoms with Crippen LogP contribution in [0.2, 0.25) is 0 Å². The van der Waals surface area contributed by atoms with Crippen molar-refractivity contribution in [2.24, 2.45) is 5.73 Å². The predicted molar refractivity (Wildman–Crippen MR) is 62.3 cm³/mol. The zero-order valence-electron chi connectivity index (χ0n) is 9.68. The molecule has 0 fully saturated rings. The van der Waals surface area contributed by atoms with E-state index >= 15 is 0 Å². The summed E-state index contributed by atoms with van der Waals surface area (Å²) in [4.78, 5) is 14.8. The van der Waals surface area contributed by atoms with Crippen LogP contribution in [0.1, 0.15) is 21.6 Å². The molecule has 0 radical (unpaired) electrons. The van der Waals surface area contributed by atoms with Gasteiger partial charge in [-0.25, -0.2) is 0 Å². The molecule has 0 aliphatic heterocycles. The largest absolute Gasteiger partial charge is 0.395 e. The van der Waals surface area contributed by atoms with Crippen molar-refractivity contribution in [1.29, 1.82) is 0 Å². The second-order valence-corrected chi connectivity index (χ2v) is 3.80. The van der Waals surface area contributed by atoms with E-state index < -0.39 is 5.91 Å². The second-order valence-electron chi connectivity index (χ2n) is 3.80. The first-order valence-corrected chi connectivity index (χ1v) is 5.29. The molecule has 1 rings (SSSR count). The number of aromatic nitrogens is 1. The summed E-state index contributed by atoms with van der Waals surface area (Å²) < 4.78 is 0. The highest BCUT2D eigenvalue weighted by molar-refractivity contribution is 5.90. The van der Waals surface area contributed by atoms with Crippen LogP contribution in [0, 0.1) is 6.92 Å². The van der Waals surface area contributed by atoms with Crippen molar-refractivity contribution in [3.8, 4) is 0 Å². The van der Waals surface area contributed by atoms with Crippen molar-refractivity contribution in [3.63, 3.8) is 0 Å². The van der Waals surface area contributed by atoms with E-state index in [0.29, 0.717) is 6.54 Å². The fourth-order valence-corrected chi connectivity index (χ4v) is 1.35. The highest BCUT2D eigenvalue weighted by atomic mass is 16.3. The highest BCUT2D eigenvalue weighted by Crippen LogP contribution is 2.08. The van der Waals surface area contributed by atoms with Gasteiger partial charge in [-0.05, 0) is 24.1 Å². The molecule has 6 nitrogen and oxygen atoms in total. The highest BCUT2D eigenvalue weighted by Gasteiger charge is 2.08. The lowest BCUT2D eigenvalue weighted by Crippen LogP contribution is -2.35. The molecule has 1 amide bonds. The average molecular weight is 239 g/mol. The number of rotatable bonds is 6. The Labute approximate surface area is 99.5 Å². The smallest absolute Gasteiger partial charge is 0.267 e. The topological polar surface area (TPSA) is 108 Å². The van der Waals surface area contributed by atoms with E-state index in [4.69, 9.17) is 15.9 Å². The summed E-state index contributed by atoms with van der Waals surface area (Å²) in [5, 5.41) is 20.8. The van der Waals surface area contributed by atoms with Gasteiger partial charge in [0.25, 0.3) is 5.91 Å². The Bertz CT molecular complexity index is 392. The van der Waals surface area contributed by atoms with Crippen molar-refractivity contribution >= 4 is 5.91 Å². The van der Waals surface area contributed by atoms with Crippen LogP contribution < -0.4 is 11.1 Å². The van der Waals surface area contributed by atoms with Gasteiger partial charge in [-0.3, -0.25) is 9.78 Å². The molecule has 1 aromatic heterocycles. The van der Waals surface area contributed by atoms with Gasteiger partial charge < -0.3 is 21.3 Å². The zero-order chi connectivity index (χ0) is 12.8.